The fraction of sp³-hybridized carbons (Fsp3) is 0.750. The first-order chi connectivity index (χ1) is 6.90. The van der Waals surface area contributed by atoms with Crippen molar-refractivity contribution in [3.63, 3.8) is 0 Å². The van der Waals surface area contributed by atoms with Crippen molar-refractivity contribution in [2.45, 2.75) is 0 Å². The summed E-state index contributed by atoms with van der Waals surface area (Å²) in [6.07, 6.45) is 0. The largest absolute Gasteiger partial charge is 0.395 e. The van der Waals surface area contributed by atoms with Gasteiger partial charge in [-0.2, -0.15) is 0 Å². The van der Waals surface area contributed by atoms with Crippen molar-refractivity contribution in [1.82, 2.24) is 15.1 Å². The normalized spacial score (nSPS) is 18.8. The molecule has 1 aliphatic heterocycles. The third-order valence-electron chi connectivity index (χ3n) is 2.41. The molecule has 0 amide bonds. The third-order valence-corrected chi connectivity index (χ3v) is 3.16. The van der Waals surface area contributed by atoms with Crippen LogP contribution in [-0.2, 0) is 0 Å². The molecule has 1 aromatic heterocycles. The van der Waals surface area contributed by atoms with Gasteiger partial charge in [0, 0.05) is 32.7 Å². The maximum Gasteiger partial charge on any atom is 0.208 e. The lowest BCUT2D eigenvalue weighted by atomic mass is 10.3. The molecule has 2 rings (SSSR count). The number of rotatable bonds is 3. The molecule has 1 saturated heterocycles. The number of aliphatic hydroxyl groups excluding tert-OH is 1. The van der Waals surface area contributed by atoms with Gasteiger partial charge in [0.2, 0.25) is 5.13 Å². The molecule has 0 unspecified atom stereocenters. The lowest BCUT2D eigenvalue weighted by molar-refractivity contribution is 0.188. The van der Waals surface area contributed by atoms with Gasteiger partial charge in [0.1, 0.15) is 5.51 Å². The highest BCUT2D eigenvalue weighted by molar-refractivity contribution is 7.13. The predicted octanol–water partition coefficient (Wildman–Crippen LogP) is -0.348. The quantitative estimate of drug-likeness (QED) is 0.745. The van der Waals surface area contributed by atoms with Gasteiger partial charge in [0.05, 0.1) is 6.61 Å². The van der Waals surface area contributed by atoms with Crippen LogP contribution in [0.1, 0.15) is 0 Å². The SMILES string of the molecule is OCCN1CCN(c2nncs2)CC1. The zero-order valence-corrected chi connectivity index (χ0v) is 8.78. The molecule has 1 fully saturated rings. The van der Waals surface area contributed by atoms with E-state index in [0.29, 0.717) is 0 Å². The molecule has 0 aromatic carbocycles. The van der Waals surface area contributed by atoms with Crippen molar-refractivity contribution in [3.8, 4) is 0 Å². The molecule has 0 spiro atoms. The van der Waals surface area contributed by atoms with Crippen LogP contribution >= 0.6 is 11.3 Å². The highest BCUT2D eigenvalue weighted by Gasteiger charge is 2.18. The number of β-amino-alcohol motifs (C(OH)–C–C–N with tert-alkyl or cyclic N) is 1. The van der Waals surface area contributed by atoms with Gasteiger partial charge in [-0.3, -0.25) is 4.90 Å². The summed E-state index contributed by atoms with van der Waals surface area (Å²) in [6, 6.07) is 0. The molecule has 6 heteroatoms. The van der Waals surface area contributed by atoms with Crippen LogP contribution in [0.4, 0.5) is 5.13 Å². The Labute approximate surface area is 87.0 Å². The van der Waals surface area contributed by atoms with Crippen molar-refractivity contribution >= 4 is 16.5 Å². The fourth-order valence-corrected chi connectivity index (χ4v) is 2.22. The summed E-state index contributed by atoms with van der Waals surface area (Å²) < 4.78 is 0. The Kier molecular flexibility index (Phi) is 3.28. The van der Waals surface area contributed by atoms with Gasteiger partial charge < -0.3 is 10.0 Å². The van der Waals surface area contributed by atoms with E-state index in [2.05, 4.69) is 20.0 Å². The minimum absolute atomic E-state index is 0.249. The smallest absolute Gasteiger partial charge is 0.208 e. The van der Waals surface area contributed by atoms with Crippen LogP contribution in [0.15, 0.2) is 5.51 Å². The molecular formula is C8H14N4OS. The lowest BCUT2D eigenvalue weighted by Crippen LogP contribution is -2.47. The van der Waals surface area contributed by atoms with Crippen molar-refractivity contribution in [1.29, 1.82) is 0 Å². The van der Waals surface area contributed by atoms with E-state index in [1.807, 2.05) is 0 Å². The summed E-state index contributed by atoms with van der Waals surface area (Å²) >= 11 is 1.58. The number of nitrogens with zero attached hydrogens (tertiary/aromatic N) is 4. The van der Waals surface area contributed by atoms with Crippen LogP contribution in [-0.4, -0.2) is 59.5 Å². The van der Waals surface area contributed by atoms with E-state index in [4.69, 9.17) is 5.11 Å². The standard InChI is InChI=1S/C8H14N4OS/c13-6-5-11-1-3-12(4-2-11)8-10-9-7-14-8/h7,13H,1-6H2. The van der Waals surface area contributed by atoms with Crippen molar-refractivity contribution < 1.29 is 5.11 Å². The summed E-state index contributed by atoms with van der Waals surface area (Å²) in [7, 11) is 0. The zero-order chi connectivity index (χ0) is 9.80. The Morgan fingerprint density at radius 3 is 2.71 bits per heavy atom. The number of hydrogen-bond donors (Lipinski definition) is 1. The van der Waals surface area contributed by atoms with Gasteiger partial charge in [-0.15, -0.1) is 10.2 Å². The Bertz CT molecular complexity index is 258. The Morgan fingerprint density at radius 2 is 2.14 bits per heavy atom. The molecule has 1 N–H and O–H groups in total. The van der Waals surface area contributed by atoms with Crippen molar-refractivity contribution in [2.75, 3.05) is 44.2 Å². The topological polar surface area (TPSA) is 52.5 Å². The first-order valence-electron chi connectivity index (χ1n) is 4.74. The summed E-state index contributed by atoms with van der Waals surface area (Å²) in [5, 5.41) is 17.7. The van der Waals surface area contributed by atoms with Crippen molar-refractivity contribution in [3.05, 3.63) is 5.51 Å². The highest BCUT2D eigenvalue weighted by atomic mass is 32.1. The van der Waals surface area contributed by atoms with E-state index in [0.717, 1.165) is 37.9 Å². The van der Waals surface area contributed by atoms with Crippen LogP contribution in [0.3, 0.4) is 0 Å². The Morgan fingerprint density at radius 1 is 1.36 bits per heavy atom. The number of piperazine rings is 1. The first-order valence-corrected chi connectivity index (χ1v) is 5.62. The van der Waals surface area contributed by atoms with Gasteiger partial charge in [-0.05, 0) is 0 Å². The number of hydrogen-bond acceptors (Lipinski definition) is 6. The Balaban J connectivity index is 1.84. The minimum atomic E-state index is 0.249. The second-order valence-electron chi connectivity index (χ2n) is 3.27. The van der Waals surface area contributed by atoms with E-state index in [1.54, 1.807) is 16.8 Å². The van der Waals surface area contributed by atoms with E-state index >= 15 is 0 Å². The Hall–Kier alpha value is -0.720. The number of aliphatic hydroxyl groups is 1. The molecule has 14 heavy (non-hydrogen) atoms. The molecule has 0 saturated carbocycles. The maximum absolute atomic E-state index is 8.79. The maximum atomic E-state index is 8.79. The van der Waals surface area contributed by atoms with Crippen molar-refractivity contribution in [2.24, 2.45) is 0 Å². The highest BCUT2D eigenvalue weighted by Crippen LogP contribution is 2.17. The third kappa shape index (κ3) is 2.20. The van der Waals surface area contributed by atoms with Crippen LogP contribution in [0.5, 0.6) is 0 Å². The number of anilines is 1. The average Bonchev–Trinajstić information content (AvgIpc) is 2.72. The van der Waals surface area contributed by atoms with Crippen LogP contribution in [0.25, 0.3) is 0 Å². The summed E-state index contributed by atoms with van der Waals surface area (Å²) in [6.45, 7) is 4.99. The summed E-state index contributed by atoms with van der Waals surface area (Å²) in [5.74, 6) is 0. The van der Waals surface area contributed by atoms with Crippen LogP contribution in [0, 0.1) is 0 Å². The molecule has 78 valence electrons. The molecule has 0 radical (unpaired) electrons. The fourth-order valence-electron chi connectivity index (χ4n) is 1.61. The van der Waals surface area contributed by atoms with Gasteiger partial charge in [-0.25, -0.2) is 0 Å². The summed E-state index contributed by atoms with van der Waals surface area (Å²) in [5.41, 5.74) is 1.76. The van der Waals surface area contributed by atoms with Gasteiger partial charge >= 0.3 is 0 Å². The zero-order valence-electron chi connectivity index (χ0n) is 7.96. The second kappa shape index (κ2) is 4.68. The van der Waals surface area contributed by atoms with Crippen LogP contribution in [0.2, 0.25) is 0 Å². The molecule has 1 aromatic rings. The minimum Gasteiger partial charge on any atom is -0.395 e. The van der Waals surface area contributed by atoms with Gasteiger partial charge in [0.25, 0.3) is 0 Å². The van der Waals surface area contributed by atoms with Gasteiger partial charge in [-0.1, -0.05) is 11.3 Å². The monoisotopic (exact) mass is 214 g/mol. The lowest BCUT2D eigenvalue weighted by Gasteiger charge is -2.33. The van der Waals surface area contributed by atoms with E-state index in [1.165, 1.54) is 0 Å². The molecule has 0 aliphatic carbocycles. The molecule has 1 aliphatic rings. The molecule has 0 bridgehead atoms. The summed E-state index contributed by atoms with van der Waals surface area (Å²) in [4.78, 5) is 4.50. The molecule has 2 heterocycles. The van der Waals surface area contributed by atoms with E-state index in [9.17, 15) is 0 Å². The van der Waals surface area contributed by atoms with Crippen LogP contribution < -0.4 is 4.90 Å². The molecule has 5 nitrogen and oxygen atoms in total. The first kappa shape index (κ1) is 9.82. The van der Waals surface area contributed by atoms with E-state index < -0.39 is 0 Å². The van der Waals surface area contributed by atoms with E-state index in [-0.39, 0.29) is 6.61 Å². The predicted molar refractivity (Wildman–Crippen MR) is 55.6 cm³/mol. The molecular weight excluding hydrogens is 200 g/mol. The number of aromatic nitrogens is 2. The average molecular weight is 214 g/mol. The van der Waals surface area contributed by atoms with Gasteiger partial charge in [0.15, 0.2) is 0 Å². The molecule has 0 atom stereocenters. The second-order valence-corrected chi connectivity index (χ2v) is 4.09.